The van der Waals surface area contributed by atoms with Gasteiger partial charge in [0.05, 0.1) is 13.2 Å². The van der Waals surface area contributed by atoms with Crippen molar-refractivity contribution in [3.63, 3.8) is 0 Å². The molecule has 0 rings (SSSR count). The van der Waals surface area contributed by atoms with Crippen LogP contribution in [0.5, 0.6) is 0 Å². The Morgan fingerprint density at radius 3 is 1.46 bits per heavy atom. The zero-order valence-electron chi connectivity index (χ0n) is 36.1. The molecule has 326 valence electrons. The van der Waals surface area contributed by atoms with Gasteiger partial charge in [-0.15, -0.1) is 0 Å². The summed E-state index contributed by atoms with van der Waals surface area (Å²) in [6, 6.07) is -1.39. The van der Waals surface area contributed by atoms with Gasteiger partial charge in [-0.05, 0) is 70.3 Å². The van der Waals surface area contributed by atoms with Crippen molar-refractivity contribution in [1.82, 2.24) is 10.6 Å². The Bertz CT molecular complexity index is 999. The van der Waals surface area contributed by atoms with Gasteiger partial charge in [-0.3, -0.25) is 14.4 Å². The molecule has 0 radical (unpaired) electrons. The topological polar surface area (TPSA) is 142 Å². The summed E-state index contributed by atoms with van der Waals surface area (Å²) in [6.45, 7) is 3.43. The van der Waals surface area contributed by atoms with E-state index in [0.717, 1.165) is 51.4 Å². The summed E-state index contributed by atoms with van der Waals surface area (Å²) >= 11 is 0. The van der Waals surface area contributed by atoms with Gasteiger partial charge >= 0.3 is 11.9 Å². The van der Waals surface area contributed by atoms with Gasteiger partial charge in [0.25, 0.3) is 0 Å². The molecule has 0 heterocycles. The van der Waals surface area contributed by atoms with E-state index < -0.39 is 24.5 Å². The molecule has 0 fully saturated rings. The maximum absolute atomic E-state index is 12.7. The van der Waals surface area contributed by atoms with E-state index in [-0.39, 0.29) is 30.9 Å². The molecule has 2 amide bonds. The molecule has 0 bridgehead atoms. The van der Waals surface area contributed by atoms with Crippen molar-refractivity contribution >= 4 is 23.8 Å². The Balaban J connectivity index is 3.99. The van der Waals surface area contributed by atoms with Crippen LogP contribution < -0.4 is 10.6 Å². The van der Waals surface area contributed by atoms with E-state index in [2.05, 4.69) is 48.8 Å². The summed E-state index contributed by atoms with van der Waals surface area (Å²) < 4.78 is 5.89. The van der Waals surface area contributed by atoms with E-state index in [1.807, 2.05) is 0 Å². The largest absolute Gasteiger partial charge is 0.480 e. The first-order valence-electron chi connectivity index (χ1n) is 23.2. The highest BCUT2D eigenvalue weighted by Crippen LogP contribution is 2.16. The average molecular weight is 791 g/mol. The van der Waals surface area contributed by atoms with Crippen LogP contribution in [0.2, 0.25) is 0 Å². The van der Waals surface area contributed by atoms with Gasteiger partial charge in [-0.1, -0.05) is 167 Å². The van der Waals surface area contributed by atoms with Crippen LogP contribution in [-0.4, -0.2) is 59.3 Å². The maximum atomic E-state index is 12.7. The third-order valence-corrected chi connectivity index (χ3v) is 10.4. The number of amides is 2. The van der Waals surface area contributed by atoms with Gasteiger partial charge in [0.2, 0.25) is 11.8 Å². The molecule has 56 heavy (non-hydrogen) atoms. The summed E-state index contributed by atoms with van der Waals surface area (Å²) in [5.74, 6) is -2.39. The summed E-state index contributed by atoms with van der Waals surface area (Å²) in [6.07, 6.45) is 46.8. The summed E-state index contributed by atoms with van der Waals surface area (Å²) in [4.78, 5) is 47.5. The lowest BCUT2D eigenvalue weighted by Gasteiger charge is -2.15. The van der Waals surface area contributed by atoms with E-state index in [9.17, 15) is 19.2 Å². The van der Waals surface area contributed by atoms with Gasteiger partial charge < -0.3 is 25.6 Å². The number of carboxylic acids is 1. The monoisotopic (exact) mass is 791 g/mol. The number of esters is 1. The molecule has 2 unspecified atom stereocenters. The summed E-state index contributed by atoms with van der Waals surface area (Å²) in [7, 11) is 0. The van der Waals surface area contributed by atoms with Crippen molar-refractivity contribution in [1.29, 1.82) is 0 Å². The number of allylic oxidation sites excluding steroid dienone is 3. The molecule has 0 aliphatic rings. The van der Waals surface area contributed by atoms with Crippen LogP contribution in [0.4, 0.5) is 0 Å². The van der Waals surface area contributed by atoms with Gasteiger partial charge in [0.1, 0.15) is 12.1 Å². The number of rotatable bonds is 42. The van der Waals surface area contributed by atoms with Gasteiger partial charge in [-0.2, -0.15) is 0 Å². The fraction of sp³-hybridized carbons (Fsp3) is 0.830. The Morgan fingerprint density at radius 1 is 0.536 bits per heavy atom. The van der Waals surface area contributed by atoms with Crippen molar-refractivity contribution < 1.29 is 34.1 Å². The number of carboxylic acid groups (broad SMARTS) is 1. The van der Waals surface area contributed by atoms with Crippen molar-refractivity contribution in [2.75, 3.05) is 13.2 Å². The molecule has 0 saturated heterocycles. The molecule has 2 atom stereocenters. The van der Waals surface area contributed by atoms with Gasteiger partial charge in [0.15, 0.2) is 0 Å². The molecule has 9 heteroatoms. The van der Waals surface area contributed by atoms with Crippen LogP contribution in [-0.2, 0) is 23.9 Å². The fourth-order valence-corrected chi connectivity index (χ4v) is 6.80. The minimum absolute atomic E-state index is 0.112. The van der Waals surface area contributed by atoms with Gasteiger partial charge in [-0.25, -0.2) is 4.79 Å². The van der Waals surface area contributed by atoms with E-state index >= 15 is 0 Å². The number of nitrogens with one attached hydrogen (secondary N) is 2. The second-order valence-corrected chi connectivity index (χ2v) is 15.8. The molecule has 9 nitrogen and oxygen atoms in total. The summed E-state index contributed by atoms with van der Waals surface area (Å²) in [5, 5.41) is 22.5. The Hall–Kier alpha value is -2.68. The molecule has 4 N–H and O–H groups in total. The number of ether oxygens (including phenoxy) is 1. The molecule has 0 spiro atoms. The molecule has 0 aliphatic carbocycles. The molecular formula is C47H86N2O7. The normalized spacial score (nSPS) is 12.6. The van der Waals surface area contributed by atoms with Crippen LogP contribution in [0.15, 0.2) is 24.3 Å². The highest BCUT2D eigenvalue weighted by atomic mass is 16.5. The predicted octanol–water partition coefficient (Wildman–Crippen LogP) is 11.6. The van der Waals surface area contributed by atoms with Crippen molar-refractivity contribution in [2.24, 2.45) is 0 Å². The zero-order valence-corrected chi connectivity index (χ0v) is 36.1. The molecule has 0 saturated carbocycles. The second-order valence-electron chi connectivity index (χ2n) is 15.8. The van der Waals surface area contributed by atoms with Crippen molar-refractivity contribution in [3.8, 4) is 0 Å². The van der Waals surface area contributed by atoms with Crippen molar-refractivity contribution in [2.45, 2.75) is 238 Å². The number of unbranched alkanes of at least 4 members (excludes halogenated alkanes) is 26. The smallest absolute Gasteiger partial charge is 0.328 e. The Morgan fingerprint density at radius 2 is 0.964 bits per heavy atom. The predicted molar refractivity (Wildman–Crippen MR) is 232 cm³/mol. The van der Waals surface area contributed by atoms with E-state index in [1.54, 1.807) is 0 Å². The number of aliphatic hydroxyl groups is 1. The van der Waals surface area contributed by atoms with E-state index in [0.29, 0.717) is 12.8 Å². The first-order valence-corrected chi connectivity index (χ1v) is 23.2. The second kappa shape index (κ2) is 41.9. The third kappa shape index (κ3) is 38.2. The highest BCUT2D eigenvalue weighted by Gasteiger charge is 2.18. The van der Waals surface area contributed by atoms with Crippen LogP contribution in [0.3, 0.4) is 0 Å². The number of carbonyl (C=O) groups excluding carboxylic acids is 3. The van der Waals surface area contributed by atoms with Crippen molar-refractivity contribution in [3.05, 3.63) is 24.3 Å². The standard InChI is InChI=1S/C47H86N2O7/c1-3-5-7-9-11-12-13-14-15-16-17-18-19-20-21-22-23-24-25-26-27-29-35-39-46(53)56-42(36-32-28-10-8-6-4-2)37-33-30-31-34-38-44(51)48-40-45(52)49-43(41-50)47(54)55/h16-17,32,36,42-43,50H,3-15,18-31,33-35,37-41H2,1-2H3,(H,48,51)(H,49,52)(H,54,55)/b17-16-,36-32-. The number of hydrogen-bond donors (Lipinski definition) is 4. The lowest BCUT2D eigenvalue weighted by Crippen LogP contribution is -2.47. The van der Waals surface area contributed by atoms with Crippen LogP contribution in [0.1, 0.15) is 226 Å². The summed E-state index contributed by atoms with van der Waals surface area (Å²) in [5.41, 5.74) is 0. The minimum Gasteiger partial charge on any atom is -0.480 e. The SMILES string of the molecule is CCCCCC/C=C\C(CCCCCCC(=O)NCC(=O)NC(CO)C(=O)O)OC(=O)CCCCCCCCCCCCC/C=C\CCCCCCCCCC. The Labute approximate surface area is 343 Å². The molecular weight excluding hydrogens is 705 g/mol. The molecule has 0 aromatic heterocycles. The number of aliphatic hydroxyl groups excluding tert-OH is 1. The molecule has 0 aromatic carbocycles. The zero-order chi connectivity index (χ0) is 41.2. The fourth-order valence-electron chi connectivity index (χ4n) is 6.80. The van der Waals surface area contributed by atoms with Crippen LogP contribution in [0.25, 0.3) is 0 Å². The molecule has 0 aliphatic heterocycles. The highest BCUT2D eigenvalue weighted by molar-refractivity contribution is 5.87. The average Bonchev–Trinajstić information content (AvgIpc) is 3.18. The van der Waals surface area contributed by atoms with Crippen LogP contribution >= 0.6 is 0 Å². The quantitative estimate of drug-likeness (QED) is 0.0274. The number of aliphatic carboxylic acids is 1. The maximum Gasteiger partial charge on any atom is 0.328 e. The number of carbonyl (C=O) groups is 4. The van der Waals surface area contributed by atoms with Crippen LogP contribution in [0, 0.1) is 0 Å². The Kier molecular flexibility index (Phi) is 39.9. The first-order chi connectivity index (χ1) is 27.3. The lowest BCUT2D eigenvalue weighted by atomic mass is 10.0. The minimum atomic E-state index is -1.39. The first kappa shape index (κ1) is 53.3. The van der Waals surface area contributed by atoms with Gasteiger partial charge in [0, 0.05) is 12.8 Å². The third-order valence-electron chi connectivity index (χ3n) is 10.4. The molecule has 0 aromatic rings. The number of hydrogen-bond acceptors (Lipinski definition) is 6. The van der Waals surface area contributed by atoms with E-state index in [4.69, 9.17) is 14.9 Å². The van der Waals surface area contributed by atoms with E-state index in [1.165, 1.54) is 141 Å². The lowest BCUT2D eigenvalue weighted by molar-refractivity contribution is -0.147.